The summed E-state index contributed by atoms with van der Waals surface area (Å²) in [4.78, 5) is 15.0. The molecule has 1 atom stereocenters. The topological polar surface area (TPSA) is 64.7 Å². The van der Waals surface area contributed by atoms with Gasteiger partial charge in [0.15, 0.2) is 6.17 Å². The second-order valence-corrected chi connectivity index (χ2v) is 2.89. The summed E-state index contributed by atoms with van der Waals surface area (Å²) in [6, 6.07) is 9.43. The first-order valence-corrected chi connectivity index (χ1v) is 4.74. The first-order chi connectivity index (χ1) is 7.24. The van der Waals surface area contributed by atoms with Crippen LogP contribution in [-0.2, 0) is 9.53 Å². The van der Waals surface area contributed by atoms with E-state index in [2.05, 4.69) is 4.99 Å². The van der Waals surface area contributed by atoms with E-state index in [1.165, 1.54) is 0 Å². The standard InChI is InChI=1S/C11H14N2O2/c1-2-15-11(14)10(12)13-8-9-6-4-3-5-7-9/h3-8,10H,2,12H2,1H3. The Morgan fingerprint density at radius 3 is 2.80 bits per heavy atom. The number of aliphatic imine (C=N–C) groups is 1. The Bertz CT molecular complexity index is 336. The van der Waals surface area contributed by atoms with Crippen molar-refractivity contribution >= 4 is 12.2 Å². The van der Waals surface area contributed by atoms with Gasteiger partial charge in [-0.1, -0.05) is 30.3 Å². The monoisotopic (exact) mass is 206 g/mol. The Balaban J connectivity index is 2.54. The smallest absolute Gasteiger partial charge is 0.345 e. The van der Waals surface area contributed by atoms with Crippen LogP contribution in [-0.4, -0.2) is 25.0 Å². The molecule has 1 rings (SSSR count). The molecular formula is C11H14N2O2. The third kappa shape index (κ3) is 3.91. The first kappa shape index (κ1) is 11.4. The molecule has 0 saturated heterocycles. The second kappa shape index (κ2) is 5.93. The molecule has 1 aromatic rings. The summed E-state index contributed by atoms with van der Waals surface area (Å²) in [6.07, 6.45) is 0.617. The van der Waals surface area contributed by atoms with Gasteiger partial charge in [-0.15, -0.1) is 0 Å². The summed E-state index contributed by atoms with van der Waals surface area (Å²) in [7, 11) is 0. The second-order valence-electron chi connectivity index (χ2n) is 2.89. The Kier molecular flexibility index (Phi) is 4.50. The lowest BCUT2D eigenvalue weighted by Gasteiger charge is -2.04. The van der Waals surface area contributed by atoms with E-state index in [-0.39, 0.29) is 0 Å². The molecule has 0 heterocycles. The Labute approximate surface area is 88.8 Å². The molecule has 0 radical (unpaired) electrons. The Hall–Kier alpha value is -1.68. The van der Waals surface area contributed by atoms with Gasteiger partial charge in [0.2, 0.25) is 0 Å². The first-order valence-electron chi connectivity index (χ1n) is 4.74. The summed E-state index contributed by atoms with van der Waals surface area (Å²) in [5.41, 5.74) is 6.38. The predicted molar refractivity (Wildman–Crippen MR) is 58.6 cm³/mol. The SMILES string of the molecule is CCOC(=O)C(N)N=Cc1ccccc1. The molecule has 0 fully saturated rings. The lowest BCUT2D eigenvalue weighted by atomic mass is 10.2. The molecule has 1 aromatic carbocycles. The number of carbonyl (C=O) groups is 1. The number of carbonyl (C=O) groups excluding carboxylic acids is 1. The molecule has 0 aromatic heterocycles. The summed E-state index contributed by atoms with van der Waals surface area (Å²) in [5.74, 6) is -0.510. The van der Waals surface area contributed by atoms with Crippen LogP contribution in [0.25, 0.3) is 0 Å². The van der Waals surface area contributed by atoms with Crippen molar-refractivity contribution < 1.29 is 9.53 Å². The zero-order valence-corrected chi connectivity index (χ0v) is 8.59. The van der Waals surface area contributed by atoms with Gasteiger partial charge in [-0.05, 0) is 12.5 Å². The van der Waals surface area contributed by atoms with Gasteiger partial charge < -0.3 is 10.5 Å². The van der Waals surface area contributed by atoms with E-state index in [0.29, 0.717) is 6.61 Å². The van der Waals surface area contributed by atoms with Crippen molar-refractivity contribution in [2.75, 3.05) is 6.61 Å². The molecule has 1 unspecified atom stereocenters. The Morgan fingerprint density at radius 1 is 1.53 bits per heavy atom. The van der Waals surface area contributed by atoms with Gasteiger partial charge >= 0.3 is 5.97 Å². The van der Waals surface area contributed by atoms with Crippen molar-refractivity contribution in [2.24, 2.45) is 10.7 Å². The molecule has 0 aliphatic heterocycles. The molecular weight excluding hydrogens is 192 g/mol. The van der Waals surface area contributed by atoms with E-state index in [9.17, 15) is 4.79 Å². The van der Waals surface area contributed by atoms with Crippen LogP contribution in [0.15, 0.2) is 35.3 Å². The van der Waals surface area contributed by atoms with Crippen LogP contribution in [0.4, 0.5) is 0 Å². The minimum absolute atomic E-state index is 0.313. The maximum absolute atomic E-state index is 11.1. The van der Waals surface area contributed by atoms with Gasteiger partial charge in [-0.2, -0.15) is 0 Å². The number of nitrogens with two attached hydrogens (primary N) is 1. The van der Waals surface area contributed by atoms with Gasteiger partial charge in [-0.25, -0.2) is 4.79 Å². The summed E-state index contributed by atoms with van der Waals surface area (Å²) in [6.45, 7) is 2.04. The van der Waals surface area contributed by atoms with Crippen molar-refractivity contribution in [3.63, 3.8) is 0 Å². The van der Waals surface area contributed by atoms with Gasteiger partial charge in [0.1, 0.15) is 0 Å². The number of rotatable bonds is 4. The number of esters is 1. The van der Waals surface area contributed by atoms with E-state index in [1.807, 2.05) is 30.3 Å². The van der Waals surface area contributed by atoms with Crippen LogP contribution in [0.3, 0.4) is 0 Å². The highest BCUT2D eigenvalue weighted by Crippen LogP contribution is 1.95. The van der Waals surface area contributed by atoms with Crippen LogP contribution in [0.1, 0.15) is 12.5 Å². The van der Waals surface area contributed by atoms with E-state index >= 15 is 0 Å². The number of ether oxygens (including phenoxy) is 1. The maximum atomic E-state index is 11.1. The highest BCUT2D eigenvalue weighted by molar-refractivity contribution is 5.83. The van der Waals surface area contributed by atoms with E-state index < -0.39 is 12.1 Å². The number of nitrogens with zero attached hydrogens (tertiary/aromatic N) is 1. The van der Waals surface area contributed by atoms with Crippen LogP contribution >= 0.6 is 0 Å². The van der Waals surface area contributed by atoms with E-state index in [0.717, 1.165) is 5.56 Å². The van der Waals surface area contributed by atoms with Crippen molar-refractivity contribution in [3.8, 4) is 0 Å². The van der Waals surface area contributed by atoms with Crippen LogP contribution in [0, 0.1) is 0 Å². The normalized spacial score (nSPS) is 12.7. The van der Waals surface area contributed by atoms with Gasteiger partial charge in [0, 0.05) is 6.21 Å². The Morgan fingerprint density at radius 2 is 2.20 bits per heavy atom. The zero-order valence-electron chi connectivity index (χ0n) is 8.59. The van der Waals surface area contributed by atoms with Gasteiger partial charge in [-0.3, -0.25) is 4.99 Å². The molecule has 0 aliphatic carbocycles. The van der Waals surface area contributed by atoms with Crippen LogP contribution in [0.5, 0.6) is 0 Å². The van der Waals surface area contributed by atoms with Crippen molar-refractivity contribution in [1.29, 1.82) is 0 Å². The highest BCUT2D eigenvalue weighted by Gasteiger charge is 2.10. The van der Waals surface area contributed by atoms with Gasteiger partial charge in [0.25, 0.3) is 0 Å². The molecule has 0 amide bonds. The highest BCUT2D eigenvalue weighted by atomic mass is 16.5. The summed E-state index contributed by atoms with van der Waals surface area (Å²) < 4.78 is 4.71. The van der Waals surface area contributed by atoms with Crippen molar-refractivity contribution in [3.05, 3.63) is 35.9 Å². The lowest BCUT2D eigenvalue weighted by Crippen LogP contribution is -2.30. The molecule has 0 saturated carbocycles. The van der Waals surface area contributed by atoms with Gasteiger partial charge in [0.05, 0.1) is 6.61 Å². The molecule has 0 aliphatic rings. The zero-order chi connectivity index (χ0) is 11.1. The molecule has 4 heteroatoms. The molecule has 15 heavy (non-hydrogen) atoms. The molecule has 2 N–H and O–H groups in total. The van der Waals surface area contributed by atoms with E-state index in [4.69, 9.17) is 10.5 Å². The van der Waals surface area contributed by atoms with Crippen LogP contribution < -0.4 is 5.73 Å². The third-order valence-electron chi connectivity index (χ3n) is 1.71. The maximum Gasteiger partial charge on any atom is 0.345 e. The predicted octanol–water partition coefficient (Wildman–Crippen LogP) is 0.953. The fourth-order valence-electron chi connectivity index (χ4n) is 0.994. The number of benzene rings is 1. The van der Waals surface area contributed by atoms with Crippen molar-refractivity contribution in [2.45, 2.75) is 13.1 Å². The average molecular weight is 206 g/mol. The third-order valence-corrected chi connectivity index (χ3v) is 1.71. The molecule has 0 bridgehead atoms. The van der Waals surface area contributed by atoms with Crippen LogP contribution in [0.2, 0.25) is 0 Å². The summed E-state index contributed by atoms with van der Waals surface area (Å²) >= 11 is 0. The largest absolute Gasteiger partial charge is 0.463 e. The molecule has 0 spiro atoms. The minimum atomic E-state index is -0.940. The van der Waals surface area contributed by atoms with Crippen molar-refractivity contribution in [1.82, 2.24) is 0 Å². The fourth-order valence-corrected chi connectivity index (χ4v) is 0.994. The molecule has 80 valence electrons. The number of hydrogen-bond acceptors (Lipinski definition) is 4. The average Bonchev–Trinajstić information content (AvgIpc) is 2.27. The fraction of sp³-hybridized carbons (Fsp3) is 0.273. The van der Waals surface area contributed by atoms with E-state index in [1.54, 1.807) is 13.1 Å². The lowest BCUT2D eigenvalue weighted by molar-refractivity contribution is -0.144. The number of hydrogen-bond donors (Lipinski definition) is 1. The summed E-state index contributed by atoms with van der Waals surface area (Å²) in [5, 5.41) is 0. The quantitative estimate of drug-likeness (QED) is 0.589. The molecule has 4 nitrogen and oxygen atoms in total. The minimum Gasteiger partial charge on any atom is -0.463 e.